The molecule has 5 nitrogen and oxygen atoms in total. The molecule has 2 aromatic carbocycles. The summed E-state index contributed by atoms with van der Waals surface area (Å²) in [6.45, 7) is 6.74. The number of nitrogens with zero attached hydrogens (tertiary/aromatic N) is 3. The maximum absolute atomic E-state index is 13.0. The highest BCUT2D eigenvalue weighted by atomic mass is 16.5. The Hall–Kier alpha value is -3.08. The van der Waals surface area contributed by atoms with Crippen molar-refractivity contribution in [3.8, 4) is 17.3 Å². The maximum atomic E-state index is 13.0. The predicted molar refractivity (Wildman–Crippen MR) is 118 cm³/mol. The Kier molecular flexibility index (Phi) is 5.88. The van der Waals surface area contributed by atoms with Crippen LogP contribution < -0.4 is 4.74 Å². The topological polar surface area (TPSA) is 47.4 Å². The van der Waals surface area contributed by atoms with E-state index >= 15 is 0 Å². The van der Waals surface area contributed by atoms with Gasteiger partial charge in [0.05, 0.1) is 23.5 Å². The Morgan fingerprint density at radius 1 is 1.13 bits per heavy atom. The Morgan fingerprint density at radius 2 is 1.77 bits per heavy atom. The van der Waals surface area contributed by atoms with Gasteiger partial charge in [-0.2, -0.15) is 5.10 Å². The Morgan fingerprint density at radius 3 is 2.37 bits per heavy atom. The van der Waals surface area contributed by atoms with Crippen molar-refractivity contribution in [1.29, 1.82) is 0 Å². The number of benzene rings is 2. The zero-order chi connectivity index (χ0) is 21.1. The molecule has 1 aliphatic carbocycles. The number of ether oxygens (including phenoxy) is 1. The molecule has 1 unspecified atom stereocenters. The Labute approximate surface area is 178 Å². The molecule has 30 heavy (non-hydrogen) atoms. The highest BCUT2D eigenvalue weighted by Gasteiger charge is 2.36. The van der Waals surface area contributed by atoms with Crippen LogP contribution >= 0.6 is 0 Å². The molecule has 0 aliphatic heterocycles. The number of amides is 1. The summed E-state index contributed by atoms with van der Waals surface area (Å²) < 4.78 is 8.19. The van der Waals surface area contributed by atoms with Crippen molar-refractivity contribution in [2.24, 2.45) is 5.92 Å². The maximum Gasteiger partial charge on any atom is 0.227 e. The van der Waals surface area contributed by atoms with Gasteiger partial charge in [-0.3, -0.25) is 4.79 Å². The molecule has 4 rings (SSSR count). The van der Waals surface area contributed by atoms with Crippen molar-refractivity contribution in [3.05, 3.63) is 71.9 Å². The number of rotatable bonds is 8. The molecule has 1 aliphatic rings. The highest BCUT2D eigenvalue weighted by Crippen LogP contribution is 2.35. The van der Waals surface area contributed by atoms with Crippen LogP contribution in [0.2, 0.25) is 0 Å². The molecule has 0 saturated heterocycles. The summed E-state index contributed by atoms with van der Waals surface area (Å²) in [7, 11) is 0. The van der Waals surface area contributed by atoms with Crippen molar-refractivity contribution in [3.63, 3.8) is 0 Å². The summed E-state index contributed by atoms with van der Waals surface area (Å²) in [4.78, 5) is 15.0. The first kappa shape index (κ1) is 20.2. The van der Waals surface area contributed by atoms with Gasteiger partial charge in [0, 0.05) is 12.0 Å². The summed E-state index contributed by atoms with van der Waals surface area (Å²) in [5.41, 5.74) is 2.76. The summed E-state index contributed by atoms with van der Waals surface area (Å²) in [6, 6.07) is 19.9. The van der Waals surface area contributed by atoms with E-state index in [1.54, 1.807) is 0 Å². The third kappa shape index (κ3) is 4.25. The van der Waals surface area contributed by atoms with E-state index in [0.717, 1.165) is 42.0 Å². The minimum Gasteiger partial charge on any atom is -0.439 e. The number of hydrogen-bond acceptors (Lipinski definition) is 3. The molecule has 1 amide bonds. The largest absolute Gasteiger partial charge is 0.439 e. The zero-order valence-corrected chi connectivity index (χ0v) is 17.9. The number of carbonyl (C=O) groups excluding carboxylic acids is 1. The Bertz CT molecular complexity index is 994. The standard InChI is InChI=1S/C25H29N3O2/c1-4-18(2)27(24(29)20-15-16-20)17-23-19(3)26-28(21-11-7-5-8-12-21)25(23)30-22-13-9-6-10-14-22/h5-14,18,20H,4,15-17H2,1-3H3. The lowest BCUT2D eigenvalue weighted by molar-refractivity contribution is -0.135. The van der Waals surface area contributed by atoms with Crippen molar-refractivity contribution in [2.75, 3.05) is 0 Å². The van der Waals surface area contributed by atoms with Crippen molar-refractivity contribution >= 4 is 5.91 Å². The first-order valence-electron chi connectivity index (χ1n) is 10.8. The van der Waals surface area contributed by atoms with E-state index < -0.39 is 0 Å². The Balaban J connectivity index is 1.75. The SMILES string of the molecule is CCC(C)N(Cc1c(C)nn(-c2ccccc2)c1Oc1ccccc1)C(=O)C1CC1. The van der Waals surface area contributed by atoms with Crippen LogP contribution in [0, 0.1) is 12.8 Å². The molecule has 5 heteroatoms. The molecule has 1 fully saturated rings. The van der Waals surface area contributed by atoms with Gasteiger partial charge in [-0.1, -0.05) is 43.3 Å². The van der Waals surface area contributed by atoms with Gasteiger partial charge in [0.1, 0.15) is 5.75 Å². The summed E-state index contributed by atoms with van der Waals surface area (Å²) in [5, 5.41) is 4.79. The van der Waals surface area contributed by atoms with Crippen molar-refractivity contribution in [1.82, 2.24) is 14.7 Å². The van der Waals surface area contributed by atoms with E-state index in [0.29, 0.717) is 12.4 Å². The quantitative estimate of drug-likeness (QED) is 0.498. The third-order valence-electron chi connectivity index (χ3n) is 5.76. The average Bonchev–Trinajstić information content (AvgIpc) is 3.58. The summed E-state index contributed by atoms with van der Waals surface area (Å²) in [6.07, 6.45) is 2.92. The van der Waals surface area contributed by atoms with Gasteiger partial charge >= 0.3 is 0 Å². The van der Waals surface area contributed by atoms with Gasteiger partial charge in [-0.05, 0) is 57.4 Å². The van der Waals surface area contributed by atoms with Crippen LogP contribution in [-0.2, 0) is 11.3 Å². The number of hydrogen-bond donors (Lipinski definition) is 0. The lowest BCUT2D eigenvalue weighted by Gasteiger charge is -2.29. The average molecular weight is 404 g/mol. The molecule has 0 spiro atoms. The second-order valence-electron chi connectivity index (χ2n) is 8.03. The lowest BCUT2D eigenvalue weighted by Crippen LogP contribution is -2.38. The first-order valence-corrected chi connectivity index (χ1v) is 10.8. The molecule has 3 aromatic rings. The lowest BCUT2D eigenvalue weighted by atomic mass is 10.1. The smallest absolute Gasteiger partial charge is 0.227 e. The fourth-order valence-electron chi connectivity index (χ4n) is 3.58. The molecule has 0 radical (unpaired) electrons. The minimum absolute atomic E-state index is 0.169. The van der Waals surface area contributed by atoms with E-state index in [1.165, 1.54) is 0 Å². The highest BCUT2D eigenvalue weighted by molar-refractivity contribution is 5.81. The number of carbonyl (C=O) groups is 1. The number of para-hydroxylation sites is 2. The molecule has 1 atom stereocenters. The van der Waals surface area contributed by atoms with Gasteiger partial charge in [-0.15, -0.1) is 0 Å². The van der Waals surface area contributed by atoms with Gasteiger partial charge in [0.15, 0.2) is 0 Å². The molecule has 1 saturated carbocycles. The minimum atomic E-state index is 0.169. The summed E-state index contributed by atoms with van der Waals surface area (Å²) in [5.74, 6) is 1.85. The molecule has 0 bridgehead atoms. The molecular formula is C25H29N3O2. The van der Waals surface area contributed by atoms with Crippen LogP contribution in [-0.4, -0.2) is 26.6 Å². The normalized spacial score (nSPS) is 14.4. The second kappa shape index (κ2) is 8.74. The van der Waals surface area contributed by atoms with E-state index in [2.05, 4.69) is 13.8 Å². The van der Waals surface area contributed by atoms with E-state index in [1.807, 2.05) is 77.2 Å². The van der Waals surface area contributed by atoms with Crippen LogP contribution in [0.15, 0.2) is 60.7 Å². The molecular weight excluding hydrogens is 374 g/mol. The molecule has 156 valence electrons. The van der Waals surface area contributed by atoms with Gasteiger partial charge in [0.2, 0.25) is 11.8 Å². The fraction of sp³-hybridized carbons (Fsp3) is 0.360. The summed E-state index contributed by atoms with van der Waals surface area (Å²) >= 11 is 0. The van der Waals surface area contributed by atoms with E-state index in [9.17, 15) is 4.79 Å². The fourth-order valence-corrected chi connectivity index (χ4v) is 3.58. The molecule has 1 aromatic heterocycles. The monoisotopic (exact) mass is 403 g/mol. The zero-order valence-electron chi connectivity index (χ0n) is 17.9. The van der Waals surface area contributed by atoms with Crippen LogP contribution in [0.25, 0.3) is 5.69 Å². The van der Waals surface area contributed by atoms with Crippen LogP contribution in [0.5, 0.6) is 11.6 Å². The van der Waals surface area contributed by atoms with Crippen LogP contribution in [0.3, 0.4) is 0 Å². The van der Waals surface area contributed by atoms with Crippen LogP contribution in [0.1, 0.15) is 44.4 Å². The number of aromatic nitrogens is 2. The molecule has 0 N–H and O–H groups in total. The van der Waals surface area contributed by atoms with Crippen LogP contribution in [0.4, 0.5) is 0 Å². The molecule has 1 heterocycles. The van der Waals surface area contributed by atoms with Gasteiger partial charge < -0.3 is 9.64 Å². The first-order chi connectivity index (χ1) is 14.6. The van der Waals surface area contributed by atoms with Crippen molar-refractivity contribution < 1.29 is 9.53 Å². The third-order valence-corrected chi connectivity index (χ3v) is 5.76. The van der Waals surface area contributed by atoms with Crippen molar-refractivity contribution in [2.45, 2.75) is 52.6 Å². The van der Waals surface area contributed by atoms with E-state index in [4.69, 9.17) is 9.84 Å². The van der Waals surface area contributed by atoms with Gasteiger partial charge in [-0.25, -0.2) is 4.68 Å². The number of aryl methyl sites for hydroxylation is 1. The predicted octanol–water partition coefficient (Wildman–Crippen LogP) is 5.51. The second-order valence-corrected chi connectivity index (χ2v) is 8.03. The van der Waals surface area contributed by atoms with Gasteiger partial charge in [0.25, 0.3) is 0 Å². The van der Waals surface area contributed by atoms with E-state index in [-0.39, 0.29) is 17.9 Å².